The highest BCUT2D eigenvalue weighted by molar-refractivity contribution is 5.72. The summed E-state index contributed by atoms with van der Waals surface area (Å²) < 4.78 is 1.78. The molecular formula is C30H33N7O4. The largest absolute Gasteiger partial charge is 0.465 e. The number of carboxylic acid groups (broad SMARTS) is 2. The van der Waals surface area contributed by atoms with Gasteiger partial charge in [0.15, 0.2) is 6.29 Å². The second-order valence-electron chi connectivity index (χ2n) is 9.65. The Morgan fingerprint density at radius 2 is 1.39 bits per heavy atom. The highest BCUT2D eigenvalue weighted by atomic mass is 16.4. The van der Waals surface area contributed by atoms with Crippen molar-refractivity contribution in [3.05, 3.63) is 114 Å². The lowest BCUT2D eigenvalue weighted by molar-refractivity contribution is 0.175. The molecule has 1 aliphatic rings. The Hall–Kier alpha value is -5.03. The average molecular weight is 556 g/mol. The van der Waals surface area contributed by atoms with Crippen molar-refractivity contribution in [1.29, 1.82) is 0 Å². The number of carbonyl (C=O) groups is 2. The molecule has 3 aromatic carbocycles. The summed E-state index contributed by atoms with van der Waals surface area (Å²) in [6.07, 6.45) is -1.74. The number of rotatable bonds is 12. The van der Waals surface area contributed by atoms with Gasteiger partial charge in [-0.2, -0.15) is 5.10 Å². The third-order valence-corrected chi connectivity index (χ3v) is 7.16. The van der Waals surface area contributed by atoms with Crippen LogP contribution in [0.15, 0.2) is 97.2 Å². The van der Waals surface area contributed by atoms with Gasteiger partial charge in [-0.05, 0) is 29.7 Å². The van der Waals surface area contributed by atoms with Gasteiger partial charge in [0.1, 0.15) is 11.5 Å². The molecule has 0 saturated heterocycles. The number of aromatic nitrogens is 2. The van der Waals surface area contributed by atoms with E-state index in [1.807, 2.05) is 54.6 Å². The number of hydrogen-bond donors (Lipinski definition) is 6. The van der Waals surface area contributed by atoms with Gasteiger partial charge < -0.3 is 20.4 Å². The topological polar surface area (TPSA) is 144 Å². The summed E-state index contributed by atoms with van der Waals surface area (Å²) in [5.74, 6) is 0.717. The summed E-state index contributed by atoms with van der Waals surface area (Å²) >= 11 is 0. The summed E-state index contributed by atoms with van der Waals surface area (Å²) in [5, 5.41) is 35.0. The lowest BCUT2D eigenvalue weighted by Crippen LogP contribution is -2.58. The SMILES string of the molecule is O=C(O)NC(NC(=O)O)N(CCCNC(c1ccccc1)(c1ccccc1)c1ccccc1)c1cnn2c1NCC2. The molecule has 5 rings (SSSR count). The van der Waals surface area contributed by atoms with E-state index in [1.165, 1.54) is 0 Å². The van der Waals surface area contributed by atoms with Gasteiger partial charge in [-0.3, -0.25) is 16.0 Å². The third kappa shape index (κ3) is 5.94. The molecule has 1 aliphatic heterocycles. The molecule has 41 heavy (non-hydrogen) atoms. The maximum atomic E-state index is 11.6. The molecule has 0 aliphatic carbocycles. The second-order valence-corrected chi connectivity index (χ2v) is 9.65. The minimum Gasteiger partial charge on any atom is -0.465 e. The van der Waals surface area contributed by atoms with E-state index < -0.39 is 24.0 Å². The first-order valence-corrected chi connectivity index (χ1v) is 13.5. The Balaban J connectivity index is 1.45. The molecule has 1 aromatic heterocycles. The van der Waals surface area contributed by atoms with E-state index in [0.29, 0.717) is 38.3 Å². The Labute approximate surface area is 237 Å². The standard InChI is InChI=1S/C30H33N7O4/c38-28(39)34-27(35-29(40)41)36(25-21-33-37-20-18-31-26(25)37)19-10-17-32-30(22-11-4-1-5-12-22,23-13-6-2-7-14-23)24-15-8-3-9-16-24/h1-9,11-16,21,27,31-32,34-35H,10,17-20H2,(H,38,39)(H,40,41). The van der Waals surface area contributed by atoms with Gasteiger partial charge in [0, 0.05) is 13.1 Å². The van der Waals surface area contributed by atoms with Crippen molar-refractivity contribution in [2.75, 3.05) is 29.9 Å². The predicted octanol–water partition coefficient (Wildman–Crippen LogP) is 3.91. The Morgan fingerprint density at radius 3 is 1.88 bits per heavy atom. The zero-order valence-electron chi connectivity index (χ0n) is 22.4. The van der Waals surface area contributed by atoms with Gasteiger partial charge in [-0.1, -0.05) is 91.0 Å². The van der Waals surface area contributed by atoms with Gasteiger partial charge in [0.2, 0.25) is 0 Å². The van der Waals surface area contributed by atoms with Crippen molar-refractivity contribution in [3.63, 3.8) is 0 Å². The number of anilines is 2. The molecule has 2 amide bonds. The number of fused-ring (bicyclic) bond motifs is 1. The number of nitrogens with one attached hydrogen (secondary N) is 4. The summed E-state index contributed by atoms with van der Waals surface area (Å²) in [6, 6.07) is 30.7. The number of amides is 2. The van der Waals surface area contributed by atoms with E-state index in [0.717, 1.165) is 22.5 Å². The molecule has 0 radical (unpaired) electrons. The second kappa shape index (κ2) is 12.4. The van der Waals surface area contributed by atoms with Crippen LogP contribution in [0.4, 0.5) is 21.1 Å². The van der Waals surface area contributed by atoms with Crippen LogP contribution in [-0.4, -0.2) is 58.1 Å². The van der Waals surface area contributed by atoms with Crippen LogP contribution in [0.5, 0.6) is 0 Å². The smallest absolute Gasteiger partial charge is 0.407 e. The fourth-order valence-electron chi connectivity index (χ4n) is 5.43. The van der Waals surface area contributed by atoms with E-state index in [2.05, 4.69) is 62.8 Å². The van der Waals surface area contributed by atoms with Crippen LogP contribution in [0.1, 0.15) is 23.1 Å². The molecule has 0 spiro atoms. The highest BCUT2D eigenvalue weighted by Crippen LogP contribution is 2.37. The monoisotopic (exact) mass is 555 g/mol. The Kier molecular flexibility index (Phi) is 8.35. The lowest BCUT2D eigenvalue weighted by atomic mass is 9.77. The zero-order chi connectivity index (χ0) is 28.7. The fourth-order valence-corrected chi connectivity index (χ4v) is 5.43. The van der Waals surface area contributed by atoms with Gasteiger partial charge in [-0.15, -0.1) is 0 Å². The Morgan fingerprint density at radius 1 is 0.878 bits per heavy atom. The first-order valence-electron chi connectivity index (χ1n) is 13.5. The molecular weight excluding hydrogens is 522 g/mol. The van der Waals surface area contributed by atoms with Crippen LogP contribution in [0.2, 0.25) is 0 Å². The molecule has 4 aromatic rings. The average Bonchev–Trinajstić information content (AvgIpc) is 3.61. The van der Waals surface area contributed by atoms with E-state index in [-0.39, 0.29) is 0 Å². The molecule has 0 unspecified atom stereocenters. The maximum absolute atomic E-state index is 11.6. The van der Waals surface area contributed by atoms with Crippen LogP contribution < -0.4 is 26.2 Å². The van der Waals surface area contributed by atoms with Crippen molar-refractivity contribution in [1.82, 2.24) is 25.7 Å². The van der Waals surface area contributed by atoms with Gasteiger partial charge in [-0.25, -0.2) is 14.3 Å². The molecule has 0 atom stereocenters. The molecule has 0 bridgehead atoms. The minimum atomic E-state index is -1.35. The van der Waals surface area contributed by atoms with E-state index in [4.69, 9.17) is 0 Å². The minimum absolute atomic E-state index is 0.326. The van der Waals surface area contributed by atoms with Gasteiger partial charge >= 0.3 is 12.2 Å². The maximum Gasteiger partial charge on any atom is 0.407 e. The summed E-state index contributed by atoms with van der Waals surface area (Å²) in [4.78, 5) is 24.9. The van der Waals surface area contributed by atoms with Crippen molar-refractivity contribution >= 4 is 23.7 Å². The first kappa shape index (κ1) is 27.5. The van der Waals surface area contributed by atoms with Crippen molar-refractivity contribution in [2.24, 2.45) is 0 Å². The van der Waals surface area contributed by atoms with Crippen LogP contribution in [0.3, 0.4) is 0 Å². The van der Waals surface area contributed by atoms with E-state index in [1.54, 1.807) is 15.8 Å². The Bertz CT molecular complexity index is 1340. The lowest BCUT2D eigenvalue weighted by Gasteiger charge is -2.38. The van der Waals surface area contributed by atoms with Crippen LogP contribution in [0, 0.1) is 0 Å². The summed E-state index contributed by atoms with van der Waals surface area (Å²) in [7, 11) is 0. The van der Waals surface area contributed by atoms with Crippen LogP contribution in [0.25, 0.3) is 0 Å². The normalized spacial score (nSPS) is 12.4. The summed E-state index contributed by atoms with van der Waals surface area (Å²) in [5.41, 5.74) is 3.17. The predicted molar refractivity (Wildman–Crippen MR) is 156 cm³/mol. The molecule has 212 valence electrons. The van der Waals surface area contributed by atoms with Gasteiger partial charge in [0.05, 0.1) is 18.3 Å². The fraction of sp³-hybridized carbons (Fsp3) is 0.233. The van der Waals surface area contributed by atoms with Crippen molar-refractivity contribution in [2.45, 2.75) is 24.8 Å². The third-order valence-electron chi connectivity index (χ3n) is 7.16. The highest BCUT2D eigenvalue weighted by Gasteiger charge is 2.36. The van der Waals surface area contributed by atoms with Crippen LogP contribution >= 0.6 is 0 Å². The molecule has 0 fully saturated rings. The molecule has 6 N–H and O–H groups in total. The van der Waals surface area contributed by atoms with Gasteiger partial charge in [0.25, 0.3) is 0 Å². The molecule has 2 heterocycles. The molecule has 11 nitrogen and oxygen atoms in total. The first-order chi connectivity index (χ1) is 20.0. The molecule has 11 heteroatoms. The number of hydrogen-bond acceptors (Lipinski definition) is 6. The van der Waals surface area contributed by atoms with E-state index in [9.17, 15) is 19.8 Å². The van der Waals surface area contributed by atoms with E-state index >= 15 is 0 Å². The van der Waals surface area contributed by atoms with Crippen molar-refractivity contribution < 1.29 is 19.8 Å². The van der Waals surface area contributed by atoms with Crippen LogP contribution in [-0.2, 0) is 12.1 Å². The number of benzene rings is 3. The quantitative estimate of drug-likeness (QED) is 0.0878. The number of nitrogens with zero attached hydrogens (tertiary/aromatic N) is 3. The van der Waals surface area contributed by atoms with Crippen molar-refractivity contribution in [3.8, 4) is 0 Å². The zero-order valence-corrected chi connectivity index (χ0v) is 22.4. The summed E-state index contributed by atoms with van der Waals surface area (Å²) in [6.45, 7) is 2.20. The molecule has 0 saturated carbocycles.